The van der Waals surface area contributed by atoms with Crippen molar-refractivity contribution >= 4 is 11.6 Å². The number of halogens is 1. The second kappa shape index (κ2) is 5.69. The predicted octanol–water partition coefficient (Wildman–Crippen LogP) is 3.55. The molecule has 0 bridgehead atoms. The van der Waals surface area contributed by atoms with E-state index >= 15 is 0 Å². The molecule has 3 nitrogen and oxygen atoms in total. The first-order valence-corrected chi connectivity index (χ1v) is 9.34. The zero-order valence-electron chi connectivity index (χ0n) is 15.1. The Bertz CT molecular complexity index is 796. The van der Waals surface area contributed by atoms with E-state index < -0.39 is 0 Å². The highest BCUT2D eigenvalue weighted by molar-refractivity contribution is 6.21. The first kappa shape index (κ1) is 16.8. The van der Waals surface area contributed by atoms with Gasteiger partial charge in [0.2, 0.25) is 0 Å². The lowest BCUT2D eigenvalue weighted by Crippen LogP contribution is -2.46. The minimum atomic E-state index is -0.111. The van der Waals surface area contributed by atoms with Gasteiger partial charge in [0.1, 0.15) is 19.2 Å². The molecular formula is C21H25ClNO2+. The van der Waals surface area contributed by atoms with Crippen LogP contribution in [0.1, 0.15) is 29.5 Å². The van der Waals surface area contributed by atoms with E-state index in [4.69, 9.17) is 27.5 Å². The number of benzene rings is 1. The Kier molecular flexibility index (Phi) is 3.83. The molecule has 3 unspecified atom stereocenters. The van der Waals surface area contributed by atoms with E-state index in [0.29, 0.717) is 0 Å². The average Bonchev–Trinajstić information content (AvgIpc) is 2.83. The second-order valence-electron chi connectivity index (χ2n) is 7.95. The molecule has 0 amide bonds. The minimum Gasteiger partial charge on any atom is -0.493 e. The molecule has 2 heterocycles. The van der Waals surface area contributed by atoms with E-state index in [1.165, 1.54) is 16.7 Å². The molecule has 0 fully saturated rings. The molecule has 2 aliphatic heterocycles. The Hall–Kier alpha value is -1.63. The molecule has 1 spiro atoms. The molecule has 0 radical (unpaired) electrons. The van der Waals surface area contributed by atoms with Crippen LogP contribution in [0.3, 0.4) is 0 Å². The van der Waals surface area contributed by atoms with Crippen LogP contribution in [-0.4, -0.2) is 43.2 Å². The van der Waals surface area contributed by atoms with E-state index in [1.54, 1.807) is 7.11 Å². The highest BCUT2D eigenvalue weighted by Crippen LogP contribution is 2.57. The number of ether oxygens (including phenoxy) is 2. The van der Waals surface area contributed by atoms with Gasteiger partial charge in [-0.15, -0.1) is 18.0 Å². The quantitative estimate of drug-likeness (QED) is 0.348. The number of aryl methyl sites for hydroxylation is 1. The number of hydrogen-bond acceptors (Lipinski definition) is 2. The van der Waals surface area contributed by atoms with Gasteiger partial charge < -0.3 is 14.0 Å². The Labute approximate surface area is 155 Å². The van der Waals surface area contributed by atoms with Gasteiger partial charge in [-0.3, -0.25) is 0 Å². The van der Waals surface area contributed by atoms with Gasteiger partial charge in [-0.25, -0.2) is 0 Å². The van der Waals surface area contributed by atoms with Gasteiger partial charge in [0.15, 0.2) is 11.5 Å². The lowest BCUT2D eigenvalue weighted by atomic mass is 9.69. The fourth-order valence-corrected chi connectivity index (χ4v) is 5.06. The van der Waals surface area contributed by atoms with Crippen LogP contribution in [0.15, 0.2) is 18.2 Å². The van der Waals surface area contributed by atoms with Crippen molar-refractivity contribution in [1.29, 1.82) is 0 Å². The summed E-state index contributed by atoms with van der Waals surface area (Å²) in [7, 11) is 3.98. The molecule has 25 heavy (non-hydrogen) atoms. The summed E-state index contributed by atoms with van der Waals surface area (Å²) in [5.41, 5.74) is 3.82. The maximum Gasteiger partial charge on any atom is 0.166 e. The summed E-state index contributed by atoms with van der Waals surface area (Å²) in [6, 6.07) is 2.10. The van der Waals surface area contributed by atoms with Gasteiger partial charge in [0.05, 0.1) is 31.5 Å². The van der Waals surface area contributed by atoms with Gasteiger partial charge >= 0.3 is 0 Å². The standard InChI is InChI=1S/C21H25ClNO2/c1-5-9-23(3)10-8-21-7-6-15(22)12-18(21)25-20-17(24-4)11-14(2)16(13-23)19(20)21/h1,6-7,11,15,18H,8-10,12-13H2,2-4H3/q+1/t15-,18?,21?,23?/m0/s1. The molecule has 0 N–H and O–H groups in total. The van der Waals surface area contributed by atoms with Crippen LogP contribution in [0.25, 0.3) is 0 Å². The molecule has 1 aliphatic carbocycles. The van der Waals surface area contributed by atoms with Crippen LogP contribution >= 0.6 is 11.6 Å². The minimum absolute atomic E-state index is 0.0234. The number of rotatable bonds is 2. The van der Waals surface area contributed by atoms with Crippen LogP contribution in [0.2, 0.25) is 0 Å². The van der Waals surface area contributed by atoms with E-state index in [2.05, 4.69) is 38.1 Å². The van der Waals surface area contributed by atoms with Crippen molar-refractivity contribution in [3.8, 4) is 23.8 Å². The predicted molar refractivity (Wildman–Crippen MR) is 100 cm³/mol. The fourth-order valence-electron chi connectivity index (χ4n) is 4.83. The summed E-state index contributed by atoms with van der Waals surface area (Å²) in [6.07, 6.45) is 12.0. The molecular weight excluding hydrogens is 334 g/mol. The molecule has 0 saturated heterocycles. The van der Waals surface area contributed by atoms with Crippen LogP contribution in [-0.2, 0) is 12.0 Å². The summed E-state index contributed by atoms with van der Waals surface area (Å²) < 4.78 is 13.0. The van der Waals surface area contributed by atoms with Gasteiger partial charge in [-0.1, -0.05) is 12.2 Å². The van der Waals surface area contributed by atoms with Crippen molar-refractivity contribution in [2.75, 3.05) is 27.2 Å². The van der Waals surface area contributed by atoms with Crippen molar-refractivity contribution in [2.45, 2.75) is 43.2 Å². The van der Waals surface area contributed by atoms with Crippen molar-refractivity contribution in [1.82, 2.24) is 0 Å². The van der Waals surface area contributed by atoms with Gasteiger partial charge in [0.25, 0.3) is 0 Å². The number of terminal acetylenes is 1. The zero-order valence-corrected chi connectivity index (χ0v) is 15.9. The number of allylic oxidation sites excluding steroid dienone is 1. The Morgan fingerprint density at radius 3 is 3.04 bits per heavy atom. The topological polar surface area (TPSA) is 18.5 Å². The summed E-state index contributed by atoms with van der Waals surface area (Å²) in [5, 5.41) is 0.0234. The van der Waals surface area contributed by atoms with Crippen molar-refractivity contribution < 1.29 is 14.0 Å². The van der Waals surface area contributed by atoms with E-state index in [9.17, 15) is 0 Å². The second-order valence-corrected chi connectivity index (χ2v) is 8.51. The first-order valence-electron chi connectivity index (χ1n) is 8.90. The maximum atomic E-state index is 6.45. The smallest absolute Gasteiger partial charge is 0.166 e. The van der Waals surface area contributed by atoms with E-state index in [-0.39, 0.29) is 16.9 Å². The van der Waals surface area contributed by atoms with Gasteiger partial charge in [0, 0.05) is 24.0 Å². The van der Waals surface area contributed by atoms with Crippen molar-refractivity contribution in [3.63, 3.8) is 0 Å². The van der Waals surface area contributed by atoms with Crippen molar-refractivity contribution in [2.24, 2.45) is 0 Å². The van der Waals surface area contributed by atoms with Crippen LogP contribution in [0.5, 0.6) is 11.5 Å². The van der Waals surface area contributed by atoms with Crippen LogP contribution in [0.4, 0.5) is 0 Å². The Morgan fingerprint density at radius 2 is 2.32 bits per heavy atom. The summed E-state index contributed by atoms with van der Waals surface area (Å²) in [4.78, 5) is 0. The summed E-state index contributed by atoms with van der Waals surface area (Å²) >= 11 is 6.43. The molecule has 4 atom stereocenters. The maximum absolute atomic E-state index is 6.45. The number of methoxy groups -OCH3 is 1. The lowest BCUT2D eigenvalue weighted by Gasteiger charge is -2.36. The van der Waals surface area contributed by atoms with Crippen LogP contribution < -0.4 is 9.47 Å². The van der Waals surface area contributed by atoms with E-state index in [1.807, 2.05) is 0 Å². The third-order valence-corrected chi connectivity index (χ3v) is 6.54. The van der Waals surface area contributed by atoms with Crippen LogP contribution in [0, 0.1) is 19.3 Å². The Balaban J connectivity index is 1.97. The Morgan fingerprint density at radius 1 is 1.52 bits per heavy atom. The highest BCUT2D eigenvalue weighted by Gasteiger charge is 2.55. The SMILES string of the molecule is C#CC[N+]1(C)CCC23C=C[C@H](Cl)CC2Oc2c(OC)cc(C)c(c23)C1. The normalized spacial score (nSPS) is 35.2. The largest absolute Gasteiger partial charge is 0.493 e. The molecule has 1 aromatic rings. The number of alkyl halides is 1. The number of quaternary nitrogens is 1. The van der Waals surface area contributed by atoms with E-state index in [0.717, 1.165) is 48.5 Å². The number of hydrogen-bond donors (Lipinski definition) is 0. The summed E-state index contributed by atoms with van der Waals surface area (Å²) in [5.74, 6) is 4.63. The first-order chi connectivity index (χ1) is 11.9. The third kappa shape index (κ3) is 2.39. The van der Waals surface area contributed by atoms with Crippen molar-refractivity contribution in [3.05, 3.63) is 34.9 Å². The lowest BCUT2D eigenvalue weighted by molar-refractivity contribution is -0.915. The summed E-state index contributed by atoms with van der Waals surface area (Å²) in [6.45, 7) is 4.86. The molecule has 0 aromatic heterocycles. The molecule has 4 rings (SSSR count). The molecule has 1 aromatic carbocycles. The number of nitrogens with zero attached hydrogens (tertiary/aromatic N) is 1. The fraction of sp³-hybridized carbons (Fsp3) is 0.524. The molecule has 0 saturated carbocycles. The monoisotopic (exact) mass is 358 g/mol. The molecule has 4 heteroatoms. The molecule has 3 aliphatic rings. The molecule has 132 valence electrons. The van der Waals surface area contributed by atoms with Gasteiger partial charge in [-0.05, 0) is 24.5 Å². The third-order valence-electron chi connectivity index (χ3n) is 6.22. The zero-order chi connectivity index (χ0) is 17.8. The van der Waals surface area contributed by atoms with Gasteiger partial charge in [-0.2, -0.15) is 0 Å². The highest BCUT2D eigenvalue weighted by atomic mass is 35.5. The average molecular weight is 359 g/mol.